The van der Waals surface area contributed by atoms with Crippen molar-refractivity contribution in [3.05, 3.63) is 29.8 Å². The molecule has 0 saturated carbocycles. The number of rotatable bonds is 2. The molecule has 3 nitrogen and oxygen atoms in total. The Morgan fingerprint density at radius 2 is 2.47 bits per heavy atom. The van der Waals surface area contributed by atoms with Gasteiger partial charge in [0.05, 0.1) is 6.10 Å². The molecule has 1 aliphatic rings. The van der Waals surface area contributed by atoms with E-state index in [1.54, 1.807) is 0 Å². The lowest BCUT2D eigenvalue weighted by Gasteiger charge is -2.29. The molecular formula is C11H15FN2O. The van der Waals surface area contributed by atoms with Gasteiger partial charge in [0.15, 0.2) is 0 Å². The van der Waals surface area contributed by atoms with Crippen molar-refractivity contribution in [2.45, 2.75) is 25.5 Å². The molecule has 1 aliphatic heterocycles. The second kappa shape index (κ2) is 4.68. The monoisotopic (exact) mass is 210 g/mol. The van der Waals surface area contributed by atoms with Crippen molar-refractivity contribution in [3.8, 4) is 0 Å². The van der Waals surface area contributed by atoms with Crippen LogP contribution in [0.1, 0.15) is 18.4 Å². The Bertz CT molecular complexity index is 332. The van der Waals surface area contributed by atoms with Gasteiger partial charge in [-0.3, -0.25) is 4.90 Å². The fraction of sp³-hybridized carbons (Fsp3) is 0.545. The van der Waals surface area contributed by atoms with Gasteiger partial charge in [0.1, 0.15) is 0 Å². The zero-order valence-electron chi connectivity index (χ0n) is 8.56. The number of nitrogens with zero attached hydrogens (tertiary/aromatic N) is 2. The maximum atomic E-state index is 12.8. The van der Waals surface area contributed by atoms with Gasteiger partial charge in [-0.05, 0) is 37.1 Å². The van der Waals surface area contributed by atoms with Gasteiger partial charge in [-0.15, -0.1) is 0 Å². The molecule has 0 aromatic carbocycles. The maximum Gasteiger partial charge on any atom is 0.213 e. The summed E-state index contributed by atoms with van der Waals surface area (Å²) < 4.78 is 12.8. The van der Waals surface area contributed by atoms with Crippen LogP contribution in [0.5, 0.6) is 0 Å². The van der Waals surface area contributed by atoms with Crippen LogP contribution in [0.2, 0.25) is 0 Å². The molecule has 0 radical (unpaired) electrons. The first-order valence-corrected chi connectivity index (χ1v) is 5.25. The van der Waals surface area contributed by atoms with Crippen molar-refractivity contribution in [1.82, 2.24) is 9.88 Å². The Kier molecular flexibility index (Phi) is 3.28. The van der Waals surface area contributed by atoms with Crippen LogP contribution in [0.15, 0.2) is 18.3 Å². The van der Waals surface area contributed by atoms with Crippen LogP contribution < -0.4 is 0 Å². The van der Waals surface area contributed by atoms with E-state index in [0.29, 0.717) is 13.1 Å². The number of aromatic nitrogens is 1. The molecule has 1 aromatic heterocycles. The van der Waals surface area contributed by atoms with Crippen LogP contribution in [0, 0.1) is 5.95 Å². The molecule has 0 bridgehead atoms. The summed E-state index contributed by atoms with van der Waals surface area (Å²) in [6.45, 7) is 2.35. The van der Waals surface area contributed by atoms with Gasteiger partial charge in [-0.25, -0.2) is 4.98 Å². The van der Waals surface area contributed by atoms with Gasteiger partial charge in [0.2, 0.25) is 5.95 Å². The topological polar surface area (TPSA) is 36.4 Å². The van der Waals surface area contributed by atoms with E-state index in [-0.39, 0.29) is 6.10 Å². The number of aliphatic hydroxyl groups excluding tert-OH is 1. The summed E-state index contributed by atoms with van der Waals surface area (Å²) in [6.07, 6.45) is 3.13. The molecule has 2 rings (SSSR count). The van der Waals surface area contributed by atoms with E-state index in [1.807, 2.05) is 6.07 Å². The second-order valence-corrected chi connectivity index (χ2v) is 4.02. The number of hydrogen-bond donors (Lipinski definition) is 1. The Morgan fingerprint density at radius 3 is 3.20 bits per heavy atom. The van der Waals surface area contributed by atoms with Gasteiger partial charge in [0.25, 0.3) is 0 Å². The number of halogens is 1. The predicted molar refractivity (Wildman–Crippen MR) is 54.7 cm³/mol. The Hall–Kier alpha value is -1.00. The average molecular weight is 210 g/mol. The zero-order chi connectivity index (χ0) is 10.7. The largest absolute Gasteiger partial charge is 0.392 e. The second-order valence-electron chi connectivity index (χ2n) is 4.02. The molecule has 1 N–H and O–H groups in total. The van der Waals surface area contributed by atoms with Crippen LogP contribution in [-0.4, -0.2) is 34.2 Å². The smallest absolute Gasteiger partial charge is 0.213 e. The van der Waals surface area contributed by atoms with Crippen LogP contribution in [-0.2, 0) is 6.54 Å². The van der Waals surface area contributed by atoms with Gasteiger partial charge in [-0.2, -0.15) is 4.39 Å². The van der Waals surface area contributed by atoms with Crippen LogP contribution in [0.25, 0.3) is 0 Å². The van der Waals surface area contributed by atoms with E-state index >= 15 is 0 Å². The quantitative estimate of drug-likeness (QED) is 0.745. The van der Waals surface area contributed by atoms with E-state index in [1.165, 1.54) is 12.3 Å². The van der Waals surface area contributed by atoms with Crippen LogP contribution in [0.3, 0.4) is 0 Å². The molecule has 1 saturated heterocycles. The van der Waals surface area contributed by atoms with Crippen molar-refractivity contribution in [3.63, 3.8) is 0 Å². The van der Waals surface area contributed by atoms with Crippen LogP contribution in [0.4, 0.5) is 4.39 Å². The fourth-order valence-electron chi connectivity index (χ4n) is 1.97. The molecule has 1 aromatic rings. The lowest BCUT2D eigenvalue weighted by molar-refractivity contribution is 0.0668. The van der Waals surface area contributed by atoms with Crippen LogP contribution >= 0.6 is 0 Å². The summed E-state index contributed by atoms with van der Waals surface area (Å²) in [6, 6.07) is 3.26. The van der Waals surface area contributed by atoms with E-state index in [4.69, 9.17) is 0 Å². The molecule has 0 amide bonds. The summed E-state index contributed by atoms with van der Waals surface area (Å²) in [5.41, 5.74) is 0.914. The standard InChI is InChI=1S/C11H15FN2O/c12-11-6-9(3-4-13-11)7-14-5-1-2-10(15)8-14/h3-4,6,10,15H,1-2,5,7-8H2. The van der Waals surface area contributed by atoms with Gasteiger partial charge < -0.3 is 5.11 Å². The lowest BCUT2D eigenvalue weighted by Crippen LogP contribution is -2.37. The minimum absolute atomic E-state index is 0.231. The molecule has 1 fully saturated rings. The summed E-state index contributed by atoms with van der Waals surface area (Å²) in [7, 11) is 0. The van der Waals surface area contributed by atoms with E-state index < -0.39 is 5.95 Å². The minimum atomic E-state index is -0.440. The molecule has 1 atom stereocenters. The normalized spacial score (nSPS) is 22.9. The number of hydrogen-bond acceptors (Lipinski definition) is 3. The van der Waals surface area contributed by atoms with Crippen molar-refractivity contribution in [1.29, 1.82) is 0 Å². The molecule has 2 heterocycles. The van der Waals surface area contributed by atoms with E-state index in [2.05, 4.69) is 9.88 Å². The first-order chi connectivity index (χ1) is 7.24. The first kappa shape index (κ1) is 10.5. The Morgan fingerprint density at radius 1 is 1.60 bits per heavy atom. The van der Waals surface area contributed by atoms with Gasteiger partial charge in [0, 0.05) is 19.3 Å². The van der Waals surface area contributed by atoms with Crippen molar-refractivity contribution < 1.29 is 9.50 Å². The third-order valence-corrected chi connectivity index (χ3v) is 2.68. The summed E-state index contributed by atoms with van der Waals surface area (Å²) in [5, 5.41) is 9.48. The molecule has 0 spiro atoms. The zero-order valence-corrected chi connectivity index (χ0v) is 8.56. The van der Waals surface area contributed by atoms with Crippen molar-refractivity contribution >= 4 is 0 Å². The first-order valence-electron chi connectivity index (χ1n) is 5.25. The minimum Gasteiger partial charge on any atom is -0.392 e. The highest BCUT2D eigenvalue weighted by Gasteiger charge is 2.17. The van der Waals surface area contributed by atoms with E-state index in [9.17, 15) is 9.50 Å². The Balaban J connectivity index is 1.96. The number of β-amino-alcohol motifs (C(OH)–C–C–N with tert-alkyl or cyclic N) is 1. The highest BCUT2D eigenvalue weighted by Crippen LogP contribution is 2.13. The van der Waals surface area contributed by atoms with Gasteiger partial charge in [-0.1, -0.05) is 0 Å². The lowest BCUT2D eigenvalue weighted by atomic mass is 10.1. The molecule has 1 unspecified atom stereocenters. The Labute approximate surface area is 88.6 Å². The summed E-state index contributed by atoms with van der Waals surface area (Å²) in [4.78, 5) is 5.66. The number of likely N-dealkylation sites (tertiary alicyclic amines) is 1. The maximum absolute atomic E-state index is 12.8. The fourth-order valence-corrected chi connectivity index (χ4v) is 1.97. The molecular weight excluding hydrogens is 195 g/mol. The number of aliphatic hydroxyl groups is 1. The van der Waals surface area contributed by atoms with E-state index in [0.717, 1.165) is 24.9 Å². The van der Waals surface area contributed by atoms with Gasteiger partial charge >= 0.3 is 0 Å². The summed E-state index contributed by atoms with van der Waals surface area (Å²) >= 11 is 0. The third-order valence-electron chi connectivity index (χ3n) is 2.68. The molecule has 82 valence electrons. The number of pyridine rings is 1. The SMILES string of the molecule is OC1CCCN(Cc2ccnc(F)c2)C1. The molecule has 0 aliphatic carbocycles. The molecule has 15 heavy (non-hydrogen) atoms. The highest BCUT2D eigenvalue weighted by atomic mass is 19.1. The van der Waals surface area contributed by atoms with Crippen molar-refractivity contribution in [2.24, 2.45) is 0 Å². The molecule has 4 heteroatoms. The third kappa shape index (κ3) is 2.97. The average Bonchev–Trinajstić information content (AvgIpc) is 2.17. The highest BCUT2D eigenvalue weighted by molar-refractivity contribution is 5.10. The predicted octanol–water partition coefficient (Wildman–Crippen LogP) is 1.18. The summed E-state index contributed by atoms with van der Waals surface area (Å²) in [5.74, 6) is -0.440. The number of piperidine rings is 1. The van der Waals surface area contributed by atoms with Crippen molar-refractivity contribution in [2.75, 3.05) is 13.1 Å².